The quantitative estimate of drug-likeness (QED) is 0.639. The van der Waals surface area contributed by atoms with Crippen molar-refractivity contribution in [2.75, 3.05) is 0 Å². The molecule has 0 fully saturated rings. The molecule has 0 aromatic heterocycles. The second-order valence-electron chi connectivity index (χ2n) is 4.32. The monoisotopic (exact) mass is 210 g/mol. The average Bonchev–Trinajstić information content (AvgIpc) is 2.30. The molecule has 0 saturated carbocycles. The van der Waals surface area contributed by atoms with Crippen molar-refractivity contribution >= 4 is 10.8 Å². The molecule has 2 aromatic rings. The highest BCUT2D eigenvalue weighted by molar-refractivity contribution is 5.85. The van der Waals surface area contributed by atoms with E-state index in [4.69, 9.17) is 0 Å². The summed E-state index contributed by atoms with van der Waals surface area (Å²) in [5.41, 5.74) is 2.73. The molecule has 0 radical (unpaired) electrons. The van der Waals surface area contributed by atoms with Crippen LogP contribution in [0.2, 0.25) is 0 Å². The molecule has 0 heterocycles. The Morgan fingerprint density at radius 1 is 1.06 bits per heavy atom. The second-order valence-corrected chi connectivity index (χ2v) is 4.32. The van der Waals surface area contributed by atoms with Crippen LogP contribution in [0.15, 0.2) is 54.6 Å². The average molecular weight is 210 g/mol. The maximum atomic E-state index is 4.15. The van der Waals surface area contributed by atoms with Crippen LogP contribution >= 0.6 is 0 Å². The number of hydrogen-bond donors (Lipinski definition) is 0. The molecule has 0 spiro atoms. The van der Waals surface area contributed by atoms with Gasteiger partial charge in [0, 0.05) is 0 Å². The van der Waals surface area contributed by atoms with Crippen LogP contribution in [-0.2, 0) is 6.42 Å². The maximum absolute atomic E-state index is 4.15. The van der Waals surface area contributed by atoms with Crippen molar-refractivity contribution in [1.82, 2.24) is 0 Å². The molecule has 0 N–H and O–H groups in total. The largest absolute Gasteiger partial charge is 0.0995 e. The molecule has 16 heavy (non-hydrogen) atoms. The summed E-state index contributed by atoms with van der Waals surface area (Å²) in [5.74, 6) is 0. The van der Waals surface area contributed by atoms with Gasteiger partial charge in [0.2, 0.25) is 0 Å². The number of benzene rings is 2. The summed E-state index contributed by atoms with van der Waals surface area (Å²) in [7, 11) is 0. The van der Waals surface area contributed by atoms with Crippen molar-refractivity contribution in [3.05, 3.63) is 60.2 Å². The van der Waals surface area contributed by atoms with E-state index in [0.717, 1.165) is 12.8 Å². The molecule has 82 valence electrons. The Balaban J connectivity index is 2.33. The van der Waals surface area contributed by atoms with Crippen LogP contribution in [0.3, 0.4) is 0 Å². The first-order valence-electron chi connectivity index (χ1n) is 5.94. The molecule has 0 saturated heterocycles. The second kappa shape index (κ2) is 4.98. The number of fused-ring (bicyclic) bond motifs is 1. The smallest absolute Gasteiger partial charge is 0.00637 e. The predicted molar refractivity (Wildman–Crippen MR) is 71.7 cm³/mol. The molecule has 0 bridgehead atoms. The van der Waals surface area contributed by atoms with Crippen molar-refractivity contribution < 1.29 is 0 Å². The fraction of sp³-hybridized carbons (Fsp3) is 0.250. The number of hydrogen-bond acceptors (Lipinski definition) is 0. The Bertz CT molecular complexity index is 489. The molecule has 0 nitrogen and oxygen atoms in total. The zero-order valence-electron chi connectivity index (χ0n) is 9.87. The Hall–Kier alpha value is -1.56. The summed E-state index contributed by atoms with van der Waals surface area (Å²) >= 11 is 0. The van der Waals surface area contributed by atoms with Gasteiger partial charge in [0.25, 0.3) is 0 Å². The van der Waals surface area contributed by atoms with E-state index in [0.29, 0.717) is 0 Å². The van der Waals surface area contributed by atoms with Crippen LogP contribution in [0.1, 0.15) is 25.3 Å². The topological polar surface area (TPSA) is 0 Å². The van der Waals surface area contributed by atoms with Gasteiger partial charge in [-0.3, -0.25) is 0 Å². The lowest BCUT2D eigenvalue weighted by Gasteiger charge is -2.08. The van der Waals surface area contributed by atoms with Gasteiger partial charge < -0.3 is 0 Å². The van der Waals surface area contributed by atoms with Crippen LogP contribution in [-0.4, -0.2) is 0 Å². The van der Waals surface area contributed by atoms with Gasteiger partial charge in [-0.15, -0.1) is 0 Å². The van der Waals surface area contributed by atoms with E-state index in [1.54, 1.807) is 0 Å². The molecule has 0 heteroatoms. The van der Waals surface area contributed by atoms with Gasteiger partial charge in [0.1, 0.15) is 0 Å². The minimum Gasteiger partial charge on any atom is -0.0995 e. The van der Waals surface area contributed by atoms with E-state index in [2.05, 4.69) is 56.0 Å². The molecule has 0 unspecified atom stereocenters. The van der Waals surface area contributed by atoms with Crippen molar-refractivity contribution in [2.24, 2.45) is 0 Å². The first-order valence-corrected chi connectivity index (χ1v) is 5.94. The lowest BCUT2D eigenvalue weighted by Crippen LogP contribution is -1.90. The summed E-state index contributed by atoms with van der Waals surface area (Å²) in [5, 5.41) is 2.69. The van der Waals surface area contributed by atoms with Gasteiger partial charge in [0.05, 0.1) is 0 Å². The molecule has 0 atom stereocenters. The molecule has 0 aliphatic heterocycles. The van der Waals surface area contributed by atoms with Crippen molar-refractivity contribution in [3.63, 3.8) is 0 Å². The summed E-state index contributed by atoms with van der Waals surface area (Å²) in [6.07, 6.45) is 3.32. The lowest BCUT2D eigenvalue weighted by atomic mass is 9.97. The van der Waals surface area contributed by atoms with Crippen LogP contribution in [0.4, 0.5) is 0 Å². The van der Waals surface area contributed by atoms with E-state index in [-0.39, 0.29) is 0 Å². The zero-order chi connectivity index (χ0) is 11.4. The van der Waals surface area contributed by atoms with Crippen molar-refractivity contribution in [2.45, 2.75) is 26.2 Å². The number of rotatable bonds is 4. The third kappa shape index (κ3) is 2.33. The molecule has 0 aliphatic rings. The summed E-state index contributed by atoms with van der Waals surface area (Å²) in [6.45, 7) is 6.35. The third-order valence-corrected chi connectivity index (χ3v) is 2.92. The highest BCUT2D eigenvalue weighted by atomic mass is 14.1. The van der Waals surface area contributed by atoms with Gasteiger partial charge in [-0.25, -0.2) is 0 Å². The minimum atomic E-state index is 1.01. The summed E-state index contributed by atoms with van der Waals surface area (Å²) < 4.78 is 0. The van der Waals surface area contributed by atoms with E-state index >= 15 is 0 Å². The Morgan fingerprint density at radius 3 is 2.62 bits per heavy atom. The fourth-order valence-electron chi connectivity index (χ4n) is 2.16. The van der Waals surface area contributed by atoms with Gasteiger partial charge >= 0.3 is 0 Å². The Labute approximate surface area is 97.6 Å². The standard InChI is InChI=1S/C16H18/c1-3-7-13(2)12-15-10-6-9-14-8-4-5-11-16(14)15/h4-6,8-11H,2-3,7,12H2,1H3. The van der Waals surface area contributed by atoms with E-state index in [1.807, 2.05) is 0 Å². The zero-order valence-corrected chi connectivity index (χ0v) is 9.87. The normalized spacial score (nSPS) is 10.6. The van der Waals surface area contributed by atoms with E-state index in [1.165, 1.54) is 28.3 Å². The lowest BCUT2D eigenvalue weighted by molar-refractivity contribution is 0.877. The van der Waals surface area contributed by atoms with Gasteiger partial charge in [-0.1, -0.05) is 68.0 Å². The minimum absolute atomic E-state index is 1.01. The van der Waals surface area contributed by atoms with Crippen molar-refractivity contribution in [3.8, 4) is 0 Å². The van der Waals surface area contributed by atoms with E-state index < -0.39 is 0 Å². The van der Waals surface area contributed by atoms with Gasteiger partial charge in [-0.2, -0.15) is 0 Å². The third-order valence-electron chi connectivity index (χ3n) is 2.92. The maximum Gasteiger partial charge on any atom is -0.00637 e. The summed E-state index contributed by atoms with van der Waals surface area (Å²) in [4.78, 5) is 0. The fourth-order valence-corrected chi connectivity index (χ4v) is 2.16. The predicted octanol–water partition coefficient (Wildman–Crippen LogP) is 4.74. The SMILES string of the molecule is C=C(CCC)Cc1cccc2ccccc12. The molecular weight excluding hydrogens is 192 g/mol. The molecule has 2 rings (SSSR count). The number of allylic oxidation sites excluding steroid dienone is 1. The van der Waals surface area contributed by atoms with Crippen LogP contribution in [0.5, 0.6) is 0 Å². The first kappa shape index (κ1) is 10.9. The molecule has 0 aliphatic carbocycles. The van der Waals surface area contributed by atoms with Crippen LogP contribution < -0.4 is 0 Å². The molecule has 0 amide bonds. The molecule has 2 aromatic carbocycles. The van der Waals surface area contributed by atoms with Gasteiger partial charge in [0.15, 0.2) is 0 Å². The molecular formula is C16H18. The highest BCUT2D eigenvalue weighted by Crippen LogP contribution is 2.21. The first-order chi connectivity index (χ1) is 7.81. The van der Waals surface area contributed by atoms with Crippen molar-refractivity contribution in [1.29, 1.82) is 0 Å². The van der Waals surface area contributed by atoms with E-state index in [9.17, 15) is 0 Å². The Morgan fingerprint density at radius 2 is 1.81 bits per heavy atom. The van der Waals surface area contributed by atoms with Crippen LogP contribution in [0, 0.1) is 0 Å². The van der Waals surface area contributed by atoms with Gasteiger partial charge in [-0.05, 0) is 29.2 Å². The van der Waals surface area contributed by atoms with Crippen LogP contribution in [0.25, 0.3) is 10.8 Å². The highest BCUT2D eigenvalue weighted by Gasteiger charge is 2.01. The Kier molecular flexibility index (Phi) is 3.40. The summed E-state index contributed by atoms with van der Waals surface area (Å²) in [6, 6.07) is 15.1.